The quantitative estimate of drug-likeness (QED) is 0.784. The van der Waals surface area contributed by atoms with Crippen molar-refractivity contribution in [3.8, 4) is 0 Å². The van der Waals surface area contributed by atoms with Crippen molar-refractivity contribution in [1.82, 2.24) is 0 Å². The third-order valence-electron chi connectivity index (χ3n) is 3.48. The molecule has 0 aromatic heterocycles. The van der Waals surface area contributed by atoms with Crippen molar-refractivity contribution in [3.63, 3.8) is 0 Å². The van der Waals surface area contributed by atoms with E-state index < -0.39 is 0 Å². The number of hydrogen-bond acceptors (Lipinski definition) is 3. The zero-order valence-electron chi connectivity index (χ0n) is 12.7. The summed E-state index contributed by atoms with van der Waals surface area (Å²) in [6.07, 6.45) is 0. The standard InChI is InChI=1S/C16H23ClN2O2/c1-13(2)12-19(16(20)11-17)15-5-3-4-14(10-15)18-6-8-21-9-7-18/h3-5,10,13H,6-9,11-12H2,1-2H3. The minimum Gasteiger partial charge on any atom is -0.378 e. The van der Waals surface area contributed by atoms with Crippen LogP contribution >= 0.6 is 11.6 Å². The number of amides is 1. The molecule has 4 nitrogen and oxygen atoms in total. The number of nitrogens with zero attached hydrogens (tertiary/aromatic N) is 2. The molecule has 2 rings (SSSR count). The molecule has 0 atom stereocenters. The molecule has 1 aromatic rings. The lowest BCUT2D eigenvalue weighted by atomic mass is 10.1. The Balaban J connectivity index is 2.21. The summed E-state index contributed by atoms with van der Waals surface area (Å²) in [5.41, 5.74) is 2.05. The molecule has 0 radical (unpaired) electrons. The molecule has 1 amide bonds. The first-order chi connectivity index (χ1) is 10.1. The molecular formula is C16H23ClN2O2. The van der Waals surface area contributed by atoms with E-state index >= 15 is 0 Å². The highest BCUT2D eigenvalue weighted by Gasteiger charge is 2.18. The molecule has 5 heteroatoms. The van der Waals surface area contributed by atoms with Crippen molar-refractivity contribution >= 4 is 28.9 Å². The predicted molar refractivity (Wildman–Crippen MR) is 87.4 cm³/mol. The minimum absolute atomic E-state index is 0.00843. The fourth-order valence-electron chi connectivity index (χ4n) is 2.47. The number of morpholine rings is 1. The Morgan fingerprint density at radius 1 is 1.38 bits per heavy atom. The number of anilines is 2. The van der Waals surface area contributed by atoms with Crippen molar-refractivity contribution in [3.05, 3.63) is 24.3 Å². The maximum atomic E-state index is 12.1. The second-order valence-electron chi connectivity index (χ2n) is 5.65. The lowest BCUT2D eigenvalue weighted by molar-refractivity contribution is -0.116. The summed E-state index contributed by atoms with van der Waals surface area (Å²) < 4.78 is 5.38. The molecular weight excluding hydrogens is 288 g/mol. The topological polar surface area (TPSA) is 32.8 Å². The van der Waals surface area contributed by atoms with Gasteiger partial charge >= 0.3 is 0 Å². The van der Waals surface area contributed by atoms with Crippen LogP contribution in [0, 0.1) is 5.92 Å². The molecule has 0 bridgehead atoms. The predicted octanol–water partition coefficient (Wildman–Crippen LogP) is 2.75. The Hall–Kier alpha value is -1.26. The van der Waals surface area contributed by atoms with Crippen LogP contribution in [0.25, 0.3) is 0 Å². The highest BCUT2D eigenvalue weighted by atomic mass is 35.5. The molecule has 0 aliphatic carbocycles. The molecule has 21 heavy (non-hydrogen) atoms. The van der Waals surface area contributed by atoms with Crippen LogP contribution in [0.2, 0.25) is 0 Å². The van der Waals surface area contributed by atoms with Crippen LogP contribution in [0.5, 0.6) is 0 Å². The molecule has 0 unspecified atom stereocenters. The van der Waals surface area contributed by atoms with Gasteiger partial charge in [0.05, 0.1) is 13.2 Å². The van der Waals surface area contributed by atoms with Gasteiger partial charge < -0.3 is 14.5 Å². The van der Waals surface area contributed by atoms with Crippen molar-refractivity contribution < 1.29 is 9.53 Å². The summed E-state index contributed by atoms with van der Waals surface area (Å²) in [6, 6.07) is 8.11. The van der Waals surface area contributed by atoms with Gasteiger partial charge in [0.15, 0.2) is 0 Å². The largest absolute Gasteiger partial charge is 0.378 e. The smallest absolute Gasteiger partial charge is 0.241 e. The van der Waals surface area contributed by atoms with E-state index in [1.54, 1.807) is 4.90 Å². The van der Waals surface area contributed by atoms with Gasteiger partial charge in [-0.05, 0) is 24.1 Å². The number of rotatable bonds is 5. The third-order valence-corrected chi connectivity index (χ3v) is 3.71. The molecule has 1 aromatic carbocycles. The number of carbonyl (C=O) groups excluding carboxylic acids is 1. The summed E-state index contributed by atoms with van der Waals surface area (Å²) in [5, 5.41) is 0. The highest BCUT2D eigenvalue weighted by molar-refractivity contribution is 6.29. The van der Waals surface area contributed by atoms with Crippen molar-refractivity contribution in [2.75, 3.05) is 48.5 Å². The first-order valence-electron chi connectivity index (χ1n) is 7.41. The van der Waals surface area contributed by atoms with Gasteiger partial charge in [-0.3, -0.25) is 4.79 Å². The molecule has 1 aliphatic rings. The van der Waals surface area contributed by atoms with Gasteiger partial charge in [0, 0.05) is 31.0 Å². The average Bonchev–Trinajstić information content (AvgIpc) is 2.52. The Morgan fingerprint density at radius 2 is 2.10 bits per heavy atom. The first kappa shape index (κ1) is 16.1. The summed E-state index contributed by atoms with van der Waals surface area (Å²) in [5.74, 6) is 0.350. The van der Waals surface area contributed by atoms with Gasteiger partial charge in [-0.25, -0.2) is 0 Å². The fourth-order valence-corrected chi connectivity index (χ4v) is 2.61. The number of carbonyl (C=O) groups is 1. The maximum absolute atomic E-state index is 12.1. The zero-order chi connectivity index (χ0) is 15.2. The normalized spacial score (nSPS) is 15.3. The lowest BCUT2D eigenvalue weighted by Gasteiger charge is -2.30. The molecule has 1 aliphatic heterocycles. The Bertz CT molecular complexity index is 473. The van der Waals surface area contributed by atoms with Gasteiger partial charge in [-0.1, -0.05) is 19.9 Å². The van der Waals surface area contributed by atoms with E-state index in [0.717, 1.165) is 37.7 Å². The van der Waals surface area contributed by atoms with Crippen LogP contribution in [-0.2, 0) is 9.53 Å². The van der Waals surface area contributed by atoms with Crippen LogP contribution in [0.3, 0.4) is 0 Å². The van der Waals surface area contributed by atoms with Crippen molar-refractivity contribution in [2.45, 2.75) is 13.8 Å². The van der Waals surface area contributed by atoms with E-state index in [1.165, 1.54) is 0 Å². The Labute approximate surface area is 131 Å². The van der Waals surface area contributed by atoms with E-state index in [9.17, 15) is 4.79 Å². The summed E-state index contributed by atoms with van der Waals surface area (Å²) >= 11 is 5.75. The molecule has 116 valence electrons. The molecule has 1 heterocycles. The van der Waals surface area contributed by atoms with Crippen molar-refractivity contribution in [2.24, 2.45) is 5.92 Å². The van der Waals surface area contributed by atoms with Gasteiger partial charge in [0.25, 0.3) is 0 Å². The van der Waals surface area contributed by atoms with Crippen LogP contribution in [0.4, 0.5) is 11.4 Å². The number of hydrogen-bond donors (Lipinski definition) is 0. The maximum Gasteiger partial charge on any atom is 0.241 e. The van der Waals surface area contributed by atoms with Gasteiger partial charge in [0.1, 0.15) is 5.88 Å². The van der Waals surface area contributed by atoms with Crippen LogP contribution in [0.1, 0.15) is 13.8 Å². The third kappa shape index (κ3) is 4.35. The summed E-state index contributed by atoms with van der Waals surface area (Å²) in [7, 11) is 0. The van der Waals surface area contributed by atoms with Crippen LogP contribution in [0.15, 0.2) is 24.3 Å². The number of alkyl halides is 1. The first-order valence-corrected chi connectivity index (χ1v) is 7.94. The summed E-state index contributed by atoms with van der Waals surface area (Å²) in [4.78, 5) is 16.2. The van der Waals surface area contributed by atoms with E-state index in [4.69, 9.17) is 16.3 Å². The lowest BCUT2D eigenvalue weighted by Crippen LogP contribution is -2.37. The molecule has 1 saturated heterocycles. The molecule has 1 fully saturated rings. The number of benzene rings is 1. The molecule has 0 spiro atoms. The minimum atomic E-state index is -0.0514. The number of halogens is 1. The summed E-state index contributed by atoms with van der Waals surface area (Å²) in [6.45, 7) is 8.15. The van der Waals surface area contributed by atoms with E-state index in [1.807, 2.05) is 12.1 Å². The van der Waals surface area contributed by atoms with Crippen LogP contribution < -0.4 is 9.80 Å². The monoisotopic (exact) mass is 310 g/mol. The van der Waals surface area contributed by atoms with Gasteiger partial charge in [-0.15, -0.1) is 11.6 Å². The SMILES string of the molecule is CC(C)CN(C(=O)CCl)c1cccc(N2CCOCC2)c1. The highest BCUT2D eigenvalue weighted by Crippen LogP contribution is 2.24. The fraction of sp³-hybridized carbons (Fsp3) is 0.562. The molecule has 0 saturated carbocycles. The van der Waals surface area contributed by atoms with Gasteiger partial charge in [0.2, 0.25) is 5.91 Å². The van der Waals surface area contributed by atoms with Gasteiger partial charge in [-0.2, -0.15) is 0 Å². The zero-order valence-corrected chi connectivity index (χ0v) is 13.5. The van der Waals surface area contributed by atoms with Crippen molar-refractivity contribution in [1.29, 1.82) is 0 Å². The average molecular weight is 311 g/mol. The molecule has 0 N–H and O–H groups in total. The second kappa shape index (κ2) is 7.66. The second-order valence-corrected chi connectivity index (χ2v) is 5.92. The van der Waals surface area contributed by atoms with E-state index in [-0.39, 0.29) is 11.8 Å². The Morgan fingerprint density at radius 3 is 2.71 bits per heavy atom. The van der Waals surface area contributed by atoms with E-state index in [2.05, 4.69) is 30.9 Å². The van der Waals surface area contributed by atoms with Crippen LogP contribution in [-0.4, -0.2) is 44.6 Å². The number of ether oxygens (including phenoxy) is 1. The Kier molecular flexibility index (Phi) is 5.88. The van der Waals surface area contributed by atoms with E-state index in [0.29, 0.717) is 12.5 Å².